The maximum Gasteiger partial charge on any atom is 0.257 e. The number of halogens is 1. The molecule has 8 rings (SSSR count). The Balaban J connectivity index is 1.24. The summed E-state index contributed by atoms with van der Waals surface area (Å²) < 4.78 is 22.7. The molecule has 2 aromatic heterocycles. The number of aromatic nitrogens is 3. The number of anilines is 1. The fourth-order valence-corrected chi connectivity index (χ4v) is 5.87. The van der Waals surface area contributed by atoms with Crippen LogP contribution in [0.25, 0.3) is 16.6 Å². The standard InChI is InChI=1S/C25H22FN5O2/c1-30(21-11-33-22-4-14(2-3-15(21)22)25-7-13(8-25)9-25)24(32)16-5-19-18(6-17(16)26)29-23(27)20-10-28-12-31(19)20/h2-6,10,12-13,21H,7-9,11H2,1H3,(H2,27,29)/t13?,21-,25?/m1/s1. The van der Waals surface area contributed by atoms with Crippen molar-refractivity contribution in [1.29, 1.82) is 0 Å². The van der Waals surface area contributed by atoms with Crippen LogP contribution in [-0.4, -0.2) is 38.8 Å². The molecule has 1 atom stereocenters. The van der Waals surface area contributed by atoms with E-state index in [1.165, 1.54) is 37.0 Å². The lowest BCUT2D eigenvalue weighted by atomic mass is 9.42. The van der Waals surface area contributed by atoms with Gasteiger partial charge in [-0.1, -0.05) is 12.1 Å². The quantitative estimate of drug-likeness (QED) is 0.520. The molecule has 3 heterocycles. The lowest BCUT2D eigenvalue weighted by Crippen LogP contribution is -2.55. The SMILES string of the molecule is CN(C(=O)c1cc2c(cc1F)nc(N)c1cncn12)[C@@H]1COc2cc(C34CC(C3)C4)ccc21. The Morgan fingerprint density at radius 1 is 1.24 bits per heavy atom. The van der Waals surface area contributed by atoms with Crippen molar-refractivity contribution in [3.05, 3.63) is 65.4 Å². The van der Waals surface area contributed by atoms with Gasteiger partial charge in [-0.05, 0) is 48.3 Å². The molecule has 0 radical (unpaired) electrons. The number of benzene rings is 2. The van der Waals surface area contributed by atoms with Crippen molar-refractivity contribution in [2.75, 3.05) is 19.4 Å². The van der Waals surface area contributed by atoms with Gasteiger partial charge in [0, 0.05) is 18.7 Å². The van der Waals surface area contributed by atoms with E-state index in [9.17, 15) is 4.79 Å². The summed E-state index contributed by atoms with van der Waals surface area (Å²) in [6.45, 7) is 0.357. The molecule has 3 saturated carbocycles. The van der Waals surface area contributed by atoms with Crippen LogP contribution < -0.4 is 10.5 Å². The van der Waals surface area contributed by atoms with Crippen LogP contribution in [0.5, 0.6) is 5.75 Å². The number of carbonyl (C=O) groups excluding carboxylic acids is 1. The Morgan fingerprint density at radius 3 is 2.82 bits per heavy atom. The van der Waals surface area contributed by atoms with Gasteiger partial charge in [0.1, 0.15) is 29.5 Å². The van der Waals surface area contributed by atoms with Crippen molar-refractivity contribution in [1.82, 2.24) is 19.3 Å². The zero-order valence-electron chi connectivity index (χ0n) is 18.1. The lowest BCUT2D eigenvalue weighted by molar-refractivity contribution is -0.0275. The van der Waals surface area contributed by atoms with Crippen LogP contribution in [0.4, 0.5) is 10.2 Å². The predicted octanol–water partition coefficient (Wildman–Crippen LogP) is 3.86. The first-order valence-corrected chi connectivity index (χ1v) is 11.2. The van der Waals surface area contributed by atoms with E-state index < -0.39 is 11.7 Å². The van der Waals surface area contributed by atoms with Crippen molar-refractivity contribution in [2.45, 2.75) is 30.7 Å². The second-order valence-corrected chi connectivity index (χ2v) is 9.72. The van der Waals surface area contributed by atoms with Crippen LogP contribution in [0.15, 0.2) is 42.9 Å². The molecular formula is C25H22FN5O2. The van der Waals surface area contributed by atoms with E-state index in [4.69, 9.17) is 10.5 Å². The number of likely N-dealkylation sites (N-methyl/N-ethyl adjacent to an activating group) is 1. The molecule has 1 aliphatic heterocycles. The Hall–Kier alpha value is -3.68. The second kappa shape index (κ2) is 6.21. The zero-order chi connectivity index (χ0) is 22.5. The highest BCUT2D eigenvalue weighted by molar-refractivity contribution is 5.98. The van der Waals surface area contributed by atoms with Crippen molar-refractivity contribution in [3.63, 3.8) is 0 Å². The van der Waals surface area contributed by atoms with Gasteiger partial charge < -0.3 is 15.4 Å². The van der Waals surface area contributed by atoms with E-state index in [0.29, 0.717) is 28.6 Å². The number of hydrogen-bond acceptors (Lipinski definition) is 5. The summed E-state index contributed by atoms with van der Waals surface area (Å²) >= 11 is 0. The Bertz CT molecular complexity index is 1480. The first-order valence-electron chi connectivity index (χ1n) is 11.2. The fourth-order valence-electron chi connectivity index (χ4n) is 5.87. The number of fused-ring (bicyclic) bond motifs is 4. The van der Waals surface area contributed by atoms with Crippen LogP contribution in [0.3, 0.4) is 0 Å². The average molecular weight is 443 g/mol. The zero-order valence-corrected chi connectivity index (χ0v) is 18.1. The number of hydrogen-bond donors (Lipinski definition) is 1. The predicted molar refractivity (Wildman–Crippen MR) is 121 cm³/mol. The minimum absolute atomic E-state index is 0.0227. The van der Waals surface area contributed by atoms with E-state index >= 15 is 4.39 Å². The normalized spacial score (nSPS) is 24.8. The number of rotatable bonds is 3. The summed E-state index contributed by atoms with van der Waals surface area (Å²) in [5.41, 5.74) is 10.1. The maximum atomic E-state index is 15.0. The molecule has 33 heavy (non-hydrogen) atoms. The Labute approximate surface area is 189 Å². The van der Waals surface area contributed by atoms with Crippen molar-refractivity contribution in [2.24, 2.45) is 5.92 Å². The summed E-state index contributed by atoms with van der Waals surface area (Å²) in [5.74, 6) is 0.949. The molecule has 2 bridgehead atoms. The van der Waals surface area contributed by atoms with Crippen molar-refractivity contribution >= 4 is 28.3 Å². The van der Waals surface area contributed by atoms with Gasteiger partial charge >= 0.3 is 0 Å². The minimum Gasteiger partial charge on any atom is -0.491 e. The molecule has 3 aliphatic carbocycles. The molecule has 166 valence electrons. The molecular weight excluding hydrogens is 421 g/mol. The summed E-state index contributed by atoms with van der Waals surface area (Å²) in [6.07, 6.45) is 7.00. The molecule has 2 aromatic carbocycles. The number of imidazole rings is 1. The smallest absolute Gasteiger partial charge is 0.257 e. The van der Waals surface area contributed by atoms with Crippen LogP contribution >= 0.6 is 0 Å². The topological polar surface area (TPSA) is 85.8 Å². The molecule has 1 amide bonds. The molecule has 4 aromatic rings. The first-order chi connectivity index (χ1) is 15.9. The Kier molecular flexibility index (Phi) is 3.55. The molecule has 2 N–H and O–H groups in total. The summed E-state index contributed by atoms with van der Waals surface area (Å²) in [5, 5.41) is 0. The number of amides is 1. The third-order valence-corrected chi connectivity index (χ3v) is 7.90. The van der Waals surface area contributed by atoms with Crippen molar-refractivity contribution < 1.29 is 13.9 Å². The number of ether oxygens (including phenoxy) is 1. The third-order valence-electron chi connectivity index (χ3n) is 7.90. The third kappa shape index (κ3) is 2.46. The molecule has 0 saturated heterocycles. The average Bonchev–Trinajstić information content (AvgIpc) is 3.38. The maximum absolute atomic E-state index is 15.0. The first kappa shape index (κ1) is 18.8. The minimum atomic E-state index is -0.635. The summed E-state index contributed by atoms with van der Waals surface area (Å²) in [4.78, 5) is 23.3. The monoisotopic (exact) mass is 443 g/mol. The van der Waals surface area contributed by atoms with Gasteiger partial charge in [-0.3, -0.25) is 9.20 Å². The van der Waals surface area contributed by atoms with Gasteiger partial charge in [-0.2, -0.15) is 0 Å². The molecule has 4 aliphatic rings. The highest BCUT2D eigenvalue weighted by Gasteiger charge is 2.57. The molecule has 8 heteroatoms. The highest BCUT2D eigenvalue weighted by atomic mass is 19.1. The molecule has 7 nitrogen and oxygen atoms in total. The number of nitrogens with two attached hydrogens (primary N) is 1. The van der Waals surface area contributed by atoms with Gasteiger partial charge in [0.25, 0.3) is 5.91 Å². The van der Waals surface area contributed by atoms with Gasteiger partial charge in [0.15, 0.2) is 0 Å². The fraction of sp³-hybridized carbons (Fsp3) is 0.320. The van der Waals surface area contributed by atoms with Crippen molar-refractivity contribution in [3.8, 4) is 5.75 Å². The van der Waals surface area contributed by atoms with E-state index in [1.54, 1.807) is 28.9 Å². The molecule has 0 spiro atoms. The van der Waals surface area contributed by atoms with Crippen LogP contribution in [0.2, 0.25) is 0 Å². The van der Waals surface area contributed by atoms with Gasteiger partial charge in [-0.15, -0.1) is 0 Å². The molecule has 3 fully saturated rings. The van der Waals surface area contributed by atoms with Gasteiger partial charge in [-0.25, -0.2) is 14.4 Å². The van der Waals surface area contributed by atoms with Gasteiger partial charge in [0.2, 0.25) is 0 Å². The number of nitrogens with zero attached hydrogens (tertiary/aromatic N) is 4. The largest absolute Gasteiger partial charge is 0.491 e. The van der Waals surface area contributed by atoms with Crippen LogP contribution in [0, 0.1) is 11.7 Å². The second-order valence-electron chi connectivity index (χ2n) is 9.72. The van der Waals surface area contributed by atoms with E-state index in [2.05, 4.69) is 28.2 Å². The summed E-state index contributed by atoms with van der Waals surface area (Å²) in [7, 11) is 1.69. The number of nitrogen functional groups attached to an aromatic ring is 1. The summed E-state index contributed by atoms with van der Waals surface area (Å²) in [6, 6.07) is 8.89. The van der Waals surface area contributed by atoms with Crippen LogP contribution in [0.1, 0.15) is 46.8 Å². The highest BCUT2D eigenvalue weighted by Crippen LogP contribution is 2.65. The number of carbonyl (C=O) groups is 1. The van der Waals surface area contributed by atoms with E-state index in [0.717, 1.165) is 17.2 Å². The lowest BCUT2D eigenvalue weighted by Gasteiger charge is -2.62. The van der Waals surface area contributed by atoms with Crippen LogP contribution in [-0.2, 0) is 5.41 Å². The Morgan fingerprint density at radius 2 is 2.06 bits per heavy atom. The van der Waals surface area contributed by atoms with Gasteiger partial charge in [0.05, 0.1) is 35.2 Å². The van der Waals surface area contributed by atoms with E-state index in [1.807, 2.05) is 0 Å². The molecule has 0 unspecified atom stereocenters. The van der Waals surface area contributed by atoms with E-state index in [-0.39, 0.29) is 17.4 Å².